The molecule has 0 bridgehead atoms. The second-order valence-corrected chi connectivity index (χ2v) is 11.1. The summed E-state index contributed by atoms with van der Waals surface area (Å²) >= 11 is 1.26. The number of nitrogens with one attached hydrogen (secondary N) is 1. The summed E-state index contributed by atoms with van der Waals surface area (Å²) in [6, 6.07) is 1.83. The number of rotatable bonds is 6. The molecule has 1 aromatic rings. The van der Waals surface area contributed by atoms with Crippen LogP contribution in [-0.4, -0.2) is 75.0 Å². The van der Waals surface area contributed by atoms with Crippen LogP contribution in [0.4, 0.5) is 0 Å². The number of carbonyl (C=O) groups is 1. The van der Waals surface area contributed by atoms with Gasteiger partial charge in [0.15, 0.2) is 0 Å². The number of fused-ring (bicyclic) bond motifs is 1. The van der Waals surface area contributed by atoms with Crippen molar-refractivity contribution in [1.82, 2.24) is 14.5 Å². The van der Waals surface area contributed by atoms with Crippen molar-refractivity contribution in [3.63, 3.8) is 0 Å². The lowest BCUT2D eigenvalue weighted by Gasteiger charge is -2.33. The van der Waals surface area contributed by atoms with Gasteiger partial charge in [-0.25, -0.2) is 8.42 Å². The summed E-state index contributed by atoms with van der Waals surface area (Å²) in [5.74, 6) is 0.197. The van der Waals surface area contributed by atoms with Crippen molar-refractivity contribution >= 4 is 27.3 Å². The minimum absolute atomic E-state index is 0.0582. The topological polar surface area (TPSA) is 79.0 Å². The number of nitrogens with zero attached hydrogens (tertiary/aromatic N) is 2. The van der Waals surface area contributed by atoms with Gasteiger partial charge in [0.05, 0.1) is 6.10 Å². The molecule has 0 aromatic carbocycles. The lowest BCUT2D eigenvalue weighted by Crippen LogP contribution is -2.45. The quantitative estimate of drug-likeness (QED) is 0.743. The van der Waals surface area contributed by atoms with E-state index in [1.54, 1.807) is 0 Å². The Labute approximate surface area is 171 Å². The number of ether oxygens (including phenoxy) is 1. The van der Waals surface area contributed by atoms with Gasteiger partial charge in [-0.1, -0.05) is 0 Å². The van der Waals surface area contributed by atoms with Crippen LogP contribution in [0.2, 0.25) is 0 Å². The number of hydrogen-bond acceptors (Lipinski definition) is 6. The molecule has 0 spiro atoms. The van der Waals surface area contributed by atoms with Crippen LogP contribution in [0.5, 0.6) is 0 Å². The molecule has 0 saturated carbocycles. The largest absolute Gasteiger partial charge is 0.363 e. The number of piperidine rings is 1. The van der Waals surface area contributed by atoms with Gasteiger partial charge in [0.2, 0.25) is 5.91 Å². The molecular formula is C19H29N3O4S2. The van der Waals surface area contributed by atoms with Crippen molar-refractivity contribution in [2.24, 2.45) is 5.92 Å². The average molecular weight is 428 g/mol. The van der Waals surface area contributed by atoms with E-state index < -0.39 is 16.1 Å². The lowest BCUT2D eigenvalue weighted by atomic mass is 9.93. The predicted octanol–water partition coefficient (Wildman–Crippen LogP) is 1.44. The van der Waals surface area contributed by atoms with Gasteiger partial charge >= 0.3 is 0 Å². The standard InChI is InChI=1S/C19H29N3O4S2/c1-14-5-11-27-19(14)28(24,25)22-9-4-15-12-16(26-17(15)13-22)18(23)20-6-10-21-7-2-3-8-21/h5,11,15-17H,2-4,6-10,12-13H2,1H3,(H,20,23)/t15-,16+,17-/m0/s1. The number of likely N-dealkylation sites (tertiary alicyclic amines) is 1. The summed E-state index contributed by atoms with van der Waals surface area (Å²) in [4.78, 5) is 14.9. The number of aryl methyl sites for hydroxylation is 1. The van der Waals surface area contributed by atoms with Crippen LogP contribution in [0, 0.1) is 12.8 Å². The third-order valence-electron chi connectivity index (χ3n) is 6.12. The van der Waals surface area contributed by atoms with Crippen molar-refractivity contribution in [2.75, 3.05) is 39.3 Å². The molecule has 3 aliphatic rings. The van der Waals surface area contributed by atoms with Gasteiger partial charge in [-0.2, -0.15) is 4.31 Å². The predicted molar refractivity (Wildman–Crippen MR) is 108 cm³/mol. The molecule has 7 nitrogen and oxygen atoms in total. The maximum atomic E-state index is 12.9. The van der Waals surface area contributed by atoms with E-state index in [4.69, 9.17) is 4.74 Å². The number of carbonyl (C=O) groups excluding carboxylic acids is 1. The van der Waals surface area contributed by atoms with Gasteiger partial charge in [0.1, 0.15) is 10.3 Å². The molecule has 3 aliphatic heterocycles. The van der Waals surface area contributed by atoms with Crippen LogP contribution in [-0.2, 0) is 19.6 Å². The van der Waals surface area contributed by atoms with Gasteiger partial charge in [-0.15, -0.1) is 11.3 Å². The number of thiophene rings is 1. The third-order valence-corrected chi connectivity index (χ3v) is 9.65. The van der Waals surface area contributed by atoms with Gasteiger partial charge < -0.3 is 15.0 Å². The number of sulfonamides is 1. The fourth-order valence-electron chi connectivity index (χ4n) is 4.49. The van der Waals surface area contributed by atoms with E-state index >= 15 is 0 Å². The fraction of sp³-hybridized carbons (Fsp3) is 0.737. The van der Waals surface area contributed by atoms with E-state index in [2.05, 4.69) is 10.2 Å². The zero-order valence-electron chi connectivity index (χ0n) is 16.3. The second kappa shape index (κ2) is 8.39. The molecule has 3 saturated heterocycles. The summed E-state index contributed by atoms with van der Waals surface area (Å²) < 4.78 is 33.8. The molecule has 3 atom stereocenters. The average Bonchev–Trinajstić information content (AvgIpc) is 3.41. The normalized spacial score (nSPS) is 29.1. The maximum Gasteiger partial charge on any atom is 0.252 e. The van der Waals surface area contributed by atoms with Gasteiger partial charge in [-0.05, 0) is 68.6 Å². The van der Waals surface area contributed by atoms with Crippen LogP contribution in [0.15, 0.2) is 15.7 Å². The van der Waals surface area contributed by atoms with Crippen LogP contribution >= 0.6 is 11.3 Å². The Balaban J connectivity index is 1.30. The first-order chi connectivity index (χ1) is 13.4. The minimum atomic E-state index is -3.48. The Kier molecular flexibility index (Phi) is 6.08. The lowest BCUT2D eigenvalue weighted by molar-refractivity contribution is -0.132. The van der Waals surface area contributed by atoms with Gasteiger partial charge in [0.25, 0.3) is 10.0 Å². The van der Waals surface area contributed by atoms with E-state index in [9.17, 15) is 13.2 Å². The smallest absolute Gasteiger partial charge is 0.252 e. The van der Waals surface area contributed by atoms with Crippen molar-refractivity contribution in [2.45, 2.75) is 49.0 Å². The van der Waals surface area contributed by atoms with E-state index in [1.807, 2.05) is 18.4 Å². The Morgan fingerprint density at radius 2 is 2.11 bits per heavy atom. The Morgan fingerprint density at radius 3 is 2.82 bits per heavy atom. The van der Waals surface area contributed by atoms with Crippen molar-refractivity contribution in [3.05, 3.63) is 17.0 Å². The van der Waals surface area contributed by atoms with Crippen LogP contribution < -0.4 is 5.32 Å². The molecule has 1 amide bonds. The molecule has 0 aliphatic carbocycles. The maximum absolute atomic E-state index is 12.9. The molecule has 156 valence electrons. The van der Waals surface area contributed by atoms with Gasteiger partial charge in [-0.3, -0.25) is 4.79 Å². The Hall–Kier alpha value is -1.00. The first-order valence-corrected chi connectivity index (χ1v) is 12.5. The Morgan fingerprint density at radius 1 is 1.32 bits per heavy atom. The van der Waals surface area contributed by atoms with Crippen LogP contribution in [0.3, 0.4) is 0 Å². The van der Waals surface area contributed by atoms with E-state index in [0.29, 0.717) is 30.3 Å². The molecule has 0 radical (unpaired) electrons. The highest BCUT2D eigenvalue weighted by Crippen LogP contribution is 2.36. The first-order valence-electron chi connectivity index (χ1n) is 10.1. The third kappa shape index (κ3) is 4.14. The number of amides is 1. The van der Waals surface area contributed by atoms with Crippen molar-refractivity contribution < 1.29 is 17.9 Å². The molecule has 0 unspecified atom stereocenters. The summed E-state index contributed by atoms with van der Waals surface area (Å²) in [6.45, 7) is 6.42. The van der Waals surface area contributed by atoms with E-state index in [1.165, 1.54) is 28.5 Å². The highest BCUT2D eigenvalue weighted by atomic mass is 32.2. The molecule has 28 heavy (non-hydrogen) atoms. The molecule has 1 N–H and O–H groups in total. The van der Waals surface area contributed by atoms with E-state index in [-0.39, 0.29) is 17.9 Å². The minimum Gasteiger partial charge on any atom is -0.363 e. The monoisotopic (exact) mass is 427 g/mol. The summed E-state index contributed by atoms with van der Waals surface area (Å²) in [7, 11) is -3.48. The first kappa shape index (κ1) is 20.3. The molecule has 4 heterocycles. The molecule has 9 heteroatoms. The second-order valence-electron chi connectivity index (χ2n) is 8.04. The van der Waals surface area contributed by atoms with Crippen LogP contribution in [0.1, 0.15) is 31.2 Å². The molecule has 3 fully saturated rings. The number of hydrogen-bond donors (Lipinski definition) is 1. The fourth-order valence-corrected chi connectivity index (χ4v) is 7.50. The summed E-state index contributed by atoms with van der Waals surface area (Å²) in [5, 5.41) is 4.81. The zero-order valence-corrected chi connectivity index (χ0v) is 17.9. The molecular weight excluding hydrogens is 398 g/mol. The van der Waals surface area contributed by atoms with E-state index in [0.717, 1.165) is 31.6 Å². The SMILES string of the molecule is Cc1ccsc1S(=O)(=O)N1CC[C@H]2C[C@H](C(=O)NCCN3CCCC3)O[C@H]2C1. The van der Waals surface area contributed by atoms with Crippen molar-refractivity contribution in [1.29, 1.82) is 0 Å². The Bertz CT molecular complexity index is 804. The van der Waals surface area contributed by atoms with Crippen molar-refractivity contribution in [3.8, 4) is 0 Å². The molecule has 4 rings (SSSR count). The summed E-state index contributed by atoms with van der Waals surface area (Å²) in [6.07, 6.45) is 3.26. The van der Waals surface area contributed by atoms with Gasteiger partial charge in [0, 0.05) is 26.2 Å². The summed E-state index contributed by atoms with van der Waals surface area (Å²) in [5.41, 5.74) is 0.787. The van der Waals surface area contributed by atoms with Crippen LogP contribution in [0.25, 0.3) is 0 Å². The molecule has 1 aromatic heterocycles. The zero-order chi connectivity index (χ0) is 19.7. The highest BCUT2D eigenvalue weighted by molar-refractivity contribution is 7.91. The highest BCUT2D eigenvalue weighted by Gasteiger charge is 2.44.